The highest BCUT2D eigenvalue weighted by Crippen LogP contribution is 2.21. The van der Waals surface area contributed by atoms with Crippen LogP contribution in [0, 0.1) is 0 Å². The van der Waals surface area contributed by atoms with Gasteiger partial charge in [0.05, 0.1) is 30.9 Å². The van der Waals surface area contributed by atoms with Gasteiger partial charge in [-0.15, -0.1) is 11.3 Å². The number of hydrogen-bond acceptors (Lipinski definition) is 5. The lowest BCUT2D eigenvalue weighted by atomic mass is 10.1. The van der Waals surface area contributed by atoms with Gasteiger partial charge in [-0.2, -0.15) is 0 Å². The van der Waals surface area contributed by atoms with Crippen LogP contribution in [0.25, 0.3) is 0 Å². The fourth-order valence-electron chi connectivity index (χ4n) is 2.73. The molecule has 1 amide bonds. The molecule has 5 nitrogen and oxygen atoms in total. The van der Waals surface area contributed by atoms with Crippen LogP contribution < -0.4 is 5.32 Å². The van der Waals surface area contributed by atoms with Gasteiger partial charge in [0.2, 0.25) is 5.91 Å². The Kier molecular flexibility index (Phi) is 5.37. The summed E-state index contributed by atoms with van der Waals surface area (Å²) < 4.78 is 5.75. The summed E-state index contributed by atoms with van der Waals surface area (Å²) in [5.41, 5.74) is -0.342. The van der Waals surface area contributed by atoms with Gasteiger partial charge in [-0.05, 0) is 32.2 Å². The van der Waals surface area contributed by atoms with E-state index in [-0.39, 0.29) is 30.3 Å². The average molecular weight is 312 g/mol. The van der Waals surface area contributed by atoms with E-state index in [0.717, 1.165) is 4.88 Å². The molecule has 1 fully saturated rings. The number of nitrogens with one attached hydrogen (secondary N) is 1. The molecule has 1 aromatic heterocycles. The van der Waals surface area contributed by atoms with E-state index in [0.29, 0.717) is 19.6 Å². The molecule has 2 unspecified atom stereocenters. The van der Waals surface area contributed by atoms with Crippen molar-refractivity contribution in [2.75, 3.05) is 26.2 Å². The fraction of sp³-hybridized carbons (Fsp3) is 0.667. The normalized spacial score (nSPS) is 23.7. The molecule has 21 heavy (non-hydrogen) atoms. The molecular formula is C15H24N2O3S. The van der Waals surface area contributed by atoms with Gasteiger partial charge in [0.25, 0.3) is 0 Å². The molecule has 2 heterocycles. The number of aliphatic hydroxyl groups excluding tert-OH is 1. The zero-order valence-electron chi connectivity index (χ0n) is 12.8. The summed E-state index contributed by atoms with van der Waals surface area (Å²) in [7, 11) is 0. The Morgan fingerprint density at radius 3 is 3.05 bits per heavy atom. The van der Waals surface area contributed by atoms with Crippen LogP contribution in [0.3, 0.4) is 0 Å². The molecule has 0 saturated carbocycles. The second kappa shape index (κ2) is 6.87. The topological polar surface area (TPSA) is 61.8 Å². The lowest BCUT2D eigenvalue weighted by Gasteiger charge is -2.42. The van der Waals surface area contributed by atoms with Crippen molar-refractivity contribution in [2.24, 2.45) is 0 Å². The number of carbonyl (C=O) groups excluding carboxylic acids is 1. The summed E-state index contributed by atoms with van der Waals surface area (Å²) in [5, 5.41) is 14.3. The summed E-state index contributed by atoms with van der Waals surface area (Å²) in [5.74, 6) is 0.00490. The van der Waals surface area contributed by atoms with Gasteiger partial charge in [-0.3, -0.25) is 9.69 Å². The van der Waals surface area contributed by atoms with Crippen molar-refractivity contribution in [2.45, 2.75) is 38.5 Å². The number of aliphatic hydroxyl groups is 1. The van der Waals surface area contributed by atoms with E-state index in [1.165, 1.54) is 0 Å². The average Bonchev–Trinajstić information content (AvgIpc) is 2.90. The maximum absolute atomic E-state index is 12.2. The number of hydrogen-bond donors (Lipinski definition) is 2. The third kappa shape index (κ3) is 4.78. The van der Waals surface area contributed by atoms with Crippen LogP contribution in [-0.4, -0.2) is 53.9 Å². The molecule has 118 valence electrons. The van der Waals surface area contributed by atoms with Gasteiger partial charge in [0, 0.05) is 18.0 Å². The zero-order chi connectivity index (χ0) is 15.5. The standard InChI is InChI=1S/C15H24N2O3S/c1-11(13-5-4-6-21-13)16-14(19)8-17-7-12(9-18)20-15(2,3)10-17/h4-6,11-12,18H,7-10H2,1-3H3,(H,16,19). The van der Waals surface area contributed by atoms with Crippen molar-refractivity contribution in [3.63, 3.8) is 0 Å². The van der Waals surface area contributed by atoms with Crippen molar-refractivity contribution in [3.05, 3.63) is 22.4 Å². The first-order chi connectivity index (χ1) is 9.89. The Hall–Kier alpha value is -0.950. The second-order valence-corrected chi connectivity index (χ2v) is 7.14. The highest BCUT2D eigenvalue weighted by molar-refractivity contribution is 7.10. The number of nitrogens with zero attached hydrogens (tertiary/aromatic N) is 1. The van der Waals surface area contributed by atoms with Crippen LogP contribution in [0.15, 0.2) is 17.5 Å². The lowest BCUT2D eigenvalue weighted by Crippen LogP contribution is -2.55. The Morgan fingerprint density at radius 1 is 1.67 bits per heavy atom. The number of amides is 1. The van der Waals surface area contributed by atoms with Crippen molar-refractivity contribution in [1.29, 1.82) is 0 Å². The number of carbonyl (C=O) groups is 1. The third-order valence-corrected chi connectivity index (χ3v) is 4.53. The molecule has 0 bridgehead atoms. The van der Waals surface area contributed by atoms with Crippen molar-refractivity contribution in [1.82, 2.24) is 10.2 Å². The van der Waals surface area contributed by atoms with Gasteiger partial charge in [0.15, 0.2) is 0 Å². The van der Waals surface area contributed by atoms with E-state index < -0.39 is 0 Å². The van der Waals surface area contributed by atoms with E-state index in [1.807, 2.05) is 43.2 Å². The molecule has 0 aliphatic carbocycles. The number of ether oxygens (including phenoxy) is 1. The maximum Gasteiger partial charge on any atom is 0.234 e. The predicted molar refractivity (Wildman–Crippen MR) is 83.4 cm³/mol. The summed E-state index contributed by atoms with van der Waals surface area (Å²) in [4.78, 5) is 15.4. The smallest absolute Gasteiger partial charge is 0.234 e. The van der Waals surface area contributed by atoms with Gasteiger partial charge < -0.3 is 15.2 Å². The third-order valence-electron chi connectivity index (χ3n) is 3.47. The molecule has 0 spiro atoms. The molecule has 1 aromatic rings. The van der Waals surface area contributed by atoms with E-state index in [1.54, 1.807) is 11.3 Å². The first-order valence-electron chi connectivity index (χ1n) is 7.23. The Bertz CT molecular complexity index is 461. The molecule has 0 radical (unpaired) electrons. The molecule has 2 rings (SSSR count). The molecule has 1 aliphatic rings. The van der Waals surface area contributed by atoms with Crippen LogP contribution >= 0.6 is 11.3 Å². The molecule has 1 saturated heterocycles. The van der Waals surface area contributed by atoms with E-state index >= 15 is 0 Å². The van der Waals surface area contributed by atoms with Gasteiger partial charge in [-0.1, -0.05) is 6.07 Å². The van der Waals surface area contributed by atoms with Crippen LogP contribution in [0.1, 0.15) is 31.7 Å². The maximum atomic E-state index is 12.2. The van der Waals surface area contributed by atoms with Gasteiger partial charge in [-0.25, -0.2) is 0 Å². The summed E-state index contributed by atoms with van der Waals surface area (Å²) >= 11 is 1.64. The molecule has 6 heteroatoms. The molecule has 2 N–H and O–H groups in total. The number of rotatable bonds is 5. The Balaban J connectivity index is 1.87. The largest absolute Gasteiger partial charge is 0.394 e. The number of morpholine rings is 1. The van der Waals surface area contributed by atoms with Crippen molar-refractivity contribution < 1.29 is 14.6 Å². The molecule has 0 aromatic carbocycles. The fourth-order valence-corrected chi connectivity index (χ4v) is 3.47. The van der Waals surface area contributed by atoms with E-state index in [2.05, 4.69) is 5.32 Å². The number of thiophene rings is 1. The monoisotopic (exact) mass is 312 g/mol. The van der Waals surface area contributed by atoms with Gasteiger partial charge >= 0.3 is 0 Å². The summed E-state index contributed by atoms with van der Waals surface area (Å²) in [6.45, 7) is 7.53. The minimum Gasteiger partial charge on any atom is -0.394 e. The first kappa shape index (κ1) is 16.4. The SMILES string of the molecule is CC(NC(=O)CN1CC(CO)OC(C)(C)C1)c1cccs1. The highest BCUT2D eigenvalue weighted by atomic mass is 32.1. The quantitative estimate of drug-likeness (QED) is 0.863. The zero-order valence-corrected chi connectivity index (χ0v) is 13.7. The van der Waals surface area contributed by atoms with Crippen LogP contribution in [0.2, 0.25) is 0 Å². The summed E-state index contributed by atoms with van der Waals surface area (Å²) in [6, 6.07) is 4.04. The summed E-state index contributed by atoms with van der Waals surface area (Å²) in [6.07, 6.45) is -0.226. The molecule has 1 aliphatic heterocycles. The Labute approximate surface area is 129 Å². The Morgan fingerprint density at radius 2 is 2.43 bits per heavy atom. The van der Waals surface area contributed by atoms with E-state index in [9.17, 15) is 9.90 Å². The lowest BCUT2D eigenvalue weighted by molar-refractivity contribution is -0.153. The van der Waals surface area contributed by atoms with Crippen LogP contribution in [0.4, 0.5) is 0 Å². The van der Waals surface area contributed by atoms with Crippen LogP contribution in [0.5, 0.6) is 0 Å². The van der Waals surface area contributed by atoms with Gasteiger partial charge in [0.1, 0.15) is 0 Å². The second-order valence-electron chi connectivity index (χ2n) is 6.16. The van der Waals surface area contributed by atoms with Crippen molar-refractivity contribution in [3.8, 4) is 0 Å². The minimum atomic E-state index is -0.342. The van der Waals surface area contributed by atoms with Crippen molar-refractivity contribution >= 4 is 17.2 Å². The predicted octanol–water partition coefficient (Wildman–Crippen LogP) is 1.40. The molecule has 2 atom stereocenters. The molecular weight excluding hydrogens is 288 g/mol. The highest BCUT2D eigenvalue weighted by Gasteiger charge is 2.33. The minimum absolute atomic E-state index is 0.00490. The van der Waals surface area contributed by atoms with E-state index in [4.69, 9.17) is 4.74 Å². The van der Waals surface area contributed by atoms with Crippen LogP contribution in [-0.2, 0) is 9.53 Å². The first-order valence-corrected chi connectivity index (χ1v) is 8.11.